The molecule has 36 heavy (non-hydrogen) atoms. The SMILES string of the molecule is N#Cc1ccccc1-c1nc(N)n2nc(Cn3nnnc3-c3cccnc3)nc2c1-c1ccncn1. The molecular weight excluding hydrogens is 458 g/mol. The maximum absolute atomic E-state index is 9.70. The Hall–Kier alpha value is -5.64. The second-order valence-electron chi connectivity index (χ2n) is 7.61. The first-order chi connectivity index (χ1) is 17.7. The van der Waals surface area contributed by atoms with Crippen molar-refractivity contribution < 1.29 is 0 Å². The number of pyridine rings is 1. The smallest absolute Gasteiger partial charge is 0.223 e. The van der Waals surface area contributed by atoms with Crippen LogP contribution in [0, 0.1) is 11.3 Å². The van der Waals surface area contributed by atoms with Gasteiger partial charge in [-0.15, -0.1) is 10.2 Å². The van der Waals surface area contributed by atoms with Gasteiger partial charge in [-0.05, 0) is 34.7 Å². The third-order valence-corrected chi connectivity index (χ3v) is 5.44. The fourth-order valence-electron chi connectivity index (χ4n) is 3.87. The highest BCUT2D eigenvalue weighted by Crippen LogP contribution is 2.35. The van der Waals surface area contributed by atoms with Crippen LogP contribution in [0.1, 0.15) is 11.4 Å². The Labute approximate surface area is 203 Å². The number of hydrogen-bond acceptors (Lipinski definition) is 11. The van der Waals surface area contributed by atoms with Crippen molar-refractivity contribution in [1.29, 1.82) is 5.26 Å². The molecule has 2 N–H and O–H groups in total. The third kappa shape index (κ3) is 3.55. The van der Waals surface area contributed by atoms with Crippen LogP contribution in [0.2, 0.25) is 0 Å². The predicted molar refractivity (Wildman–Crippen MR) is 127 cm³/mol. The molecule has 0 bridgehead atoms. The highest BCUT2D eigenvalue weighted by Gasteiger charge is 2.23. The minimum atomic E-state index is 0.105. The van der Waals surface area contributed by atoms with Gasteiger partial charge in [0.1, 0.15) is 12.9 Å². The van der Waals surface area contributed by atoms with Gasteiger partial charge in [-0.1, -0.05) is 18.2 Å². The monoisotopic (exact) mass is 473 g/mol. The maximum atomic E-state index is 9.70. The Balaban J connectivity index is 1.54. The van der Waals surface area contributed by atoms with Crippen LogP contribution >= 0.6 is 0 Å². The second kappa shape index (κ2) is 8.61. The molecule has 0 amide bonds. The topological polar surface area (TPSA) is 175 Å². The standard InChI is InChI=1S/C23H15N13/c24-10-14-4-1-2-6-16(14)20-19(17-7-9-27-13-28-17)22-29-18(32-36(22)23(25)30-20)12-35-21(31-33-34-35)15-5-3-8-26-11-15/h1-9,11,13H,12H2,(H2,25,30). The van der Waals surface area contributed by atoms with Crippen molar-refractivity contribution >= 4 is 11.6 Å². The van der Waals surface area contributed by atoms with Crippen LogP contribution in [0.25, 0.3) is 39.5 Å². The summed E-state index contributed by atoms with van der Waals surface area (Å²) in [4.78, 5) is 21.9. The molecule has 13 heteroatoms. The van der Waals surface area contributed by atoms with Gasteiger partial charge in [-0.2, -0.15) is 9.78 Å². The number of rotatable bonds is 5. The summed E-state index contributed by atoms with van der Waals surface area (Å²) >= 11 is 0. The molecule has 1 aromatic carbocycles. The predicted octanol–water partition coefficient (Wildman–Crippen LogP) is 1.80. The molecule has 5 heterocycles. The molecule has 0 aliphatic heterocycles. The zero-order valence-corrected chi connectivity index (χ0v) is 18.5. The lowest BCUT2D eigenvalue weighted by atomic mass is 9.99. The van der Waals surface area contributed by atoms with Gasteiger partial charge in [0.25, 0.3) is 0 Å². The summed E-state index contributed by atoms with van der Waals surface area (Å²) in [6.07, 6.45) is 6.40. The summed E-state index contributed by atoms with van der Waals surface area (Å²) < 4.78 is 3.02. The third-order valence-electron chi connectivity index (χ3n) is 5.44. The van der Waals surface area contributed by atoms with E-state index in [9.17, 15) is 5.26 Å². The zero-order valence-electron chi connectivity index (χ0n) is 18.5. The van der Waals surface area contributed by atoms with Crippen LogP contribution in [0.4, 0.5) is 5.95 Å². The molecule has 0 saturated heterocycles. The van der Waals surface area contributed by atoms with Crippen LogP contribution in [-0.4, -0.2) is 54.7 Å². The van der Waals surface area contributed by atoms with Crippen molar-refractivity contribution in [2.75, 3.05) is 5.73 Å². The first-order valence-electron chi connectivity index (χ1n) is 10.7. The van der Waals surface area contributed by atoms with E-state index < -0.39 is 0 Å². The van der Waals surface area contributed by atoms with E-state index in [1.54, 1.807) is 53.6 Å². The van der Waals surface area contributed by atoms with Gasteiger partial charge >= 0.3 is 0 Å². The highest BCUT2D eigenvalue weighted by molar-refractivity contribution is 5.90. The summed E-state index contributed by atoms with van der Waals surface area (Å²) in [6, 6.07) is 14.8. The van der Waals surface area contributed by atoms with E-state index in [4.69, 9.17) is 10.7 Å². The number of aromatic nitrogens is 11. The molecule has 172 valence electrons. The van der Waals surface area contributed by atoms with E-state index >= 15 is 0 Å². The van der Waals surface area contributed by atoms with E-state index in [0.29, 0.717) is 45.4 Å². The molecule has 6 rings (SSSR count). The molecule has 0 saturated carbocycles. The van der Waals surface area contributed by atoms with E-state index in [-0.39, 0.29) is 12.5 Å². The quantitative estimate of drug-likeness (QED) is 0.386. The maximum Gasteiger partial charge on any atom is 0.223 e. The van der Waals surface area contributed by atoms with Crippen molar-refractivity contribution in [3.8, 4) is 40.0 Å². The number of hydrogen-bond donors (Lipinski definition) is 1. The van der Waals surface area contributed by atoms with Gasteiger partial charge in [0, 0.05) is 29.7 Å². The van der Waals surface area contributed by atoms with Crippen LogP contribution in [-0.2, 0) is 6.54 Å². The van der Waals surface area contributed by atoms with Gasteiger partial charge < -0.3 is 5.73 Å². The highest BCUT2D eigenvalue weighted by atomic mass is 15.5. The number of anilines is 1. The number of nitriles is 1. The molecular formula is C23H15N13. The van der Waals surface area contributed by atoms with Gasteiger partial charge in [-0.25, -0.2) is 24.6 Å². The normalized spacial score (nSPS) is 11.0. The van der Waals surface area contributed by atoms with E-state index in [0.717, 1.165) is 5.56 Å². The Kier molecular flexibility index (Phi) is 5.01. The van der Waals surface area contributed by atoms with Crippen molar-refractivity contribution in [2.24, 2.45) is 0 Å². The Bertz CT molecular complexity index is 1730. The average molecular weight is 473 g/mol. The first-order valence-corrected chi connectivity index (χ1v) is 10.7. The number of benzene rings is 1. The Morgan fingerprint density at radius 2 is 1.92 bits per heavy atom. The first kappa shape index (κ1) is 20.9. The minimum absolute atomic E-state index is 0.105. The molecule has 0 unspecified atom stereocenters. The van der Waals surface area contributed by atoms with Crippen LogP contribution < -0.4 is 5.73 Å². The second-order valence-corrected chi connectivity index (χ2v) is 7.61. The Morgan fingerprint density at radius 3 is 2.72 bits per heavy atom. The number of nitrogens with two attached hydrogens (primary N) is 1. The van der Waals surface area contributed by atoms with Crippen molar-refractivity contribution in [3.63, 3.8) is 0 Å². The molecule has 0 fully saturated rings. The fraction of sp³-hybridized carbons (Fsp3) is 0.0435. The van der Waals surface area contributed by atoms with Crippen molar-refractivity contribution in [3.05, 3.63) is 78.8 Å². The molecule has 0 aliphatic carbocycles. The van der Waals surface area contributed by atoms with E-state index in [1.807, 2.05) is 12.1 Å². The molecule has 0 spiro atoms. The number of nitrogen functional groups attached to an aromatic ring is 1. The minimum Gasteiger partial charge on any atom is -0.368 e. The van der Waals surface area contributed by atoms with Gasteiger partial charge in [-0.3, -0.25) is 4.98 Å². The molecule has 0 radical (unpaired) electrons. The number of nitrogens with zero attached hydrogens (tertiary/aromatic N) is 12. The summed E-state index contributed by atoms with van der Waals surface area (Å²) in [5.41, 5.74) is 10.1. The lowest BCUT2D eigenvalue weighted by Gasteiger charge is -2.12. The molecule has 0 atom stereocenters. The Morgan fingerprint density at radius 1 is 1.00 bits per heavy atom. The summed E-state index contributed by atoms with van der Waals surface area (Å²) in [7, 11) is 0. The lowest BCUT2D eigenvalue weighted by molar-refractivity contribution is 0.628. The molecule has 13 nitrogen and oxygen atoms in total. The van der Waals surface area contributed by atoms with E-state index in [1.165, 1.54) is 10.8 Å². The van der Waals surface area contributed by atoms with E-state index in [2.05, 4.69) is 46.6 Å². The van der Waals surface area contributed by atoms with Crippen LogP contribution in [0.5, 0.6) is 0 Å². The fourth-order valence-corrected chi connectivity index (χ4v) is 3.87. The van der Waals surface area contributed by atoms with Crippen molar-refractivity contribution in [1.82, 2.24) is 54.7 Å². The summed E-state index contributed by atoms with van der Waals surface area (Å²) in [5.74, 6) is 1.03. The van der Waals surface area contributed by atoms with Crippen LogP contribution in [0.3, 0.4) is 0 Å². The largest absolute Gasteiger partial charge is 0.368 e. The molecule has 0 aliphatic rings. The molecule has 5 aromatic heterocycles. The van der Waals surface area contributed by atoms with Gasteiger partial charge in [0.2, 0.25) is 5.95 Å². The summed E-state index contributed by atoms with van der Waals surface area (Å²) in [5, 5.41) is 26.2. The number of fused-ring (bicyclic) bond motifs is 1. The van der Waals surface area contributed by atoms with Gasteiger partial charge in [0.15, 0.2) is 17.3 Å². The van der Waals surface area contributed by atoms with Gasteiger partial charge in [0.05, 0.1) is 28.6 Å². The molecule has 6 aromatic rings. The van der Waals surface area contributed by atoms with Crippen LogP contribution in [0.15, 0.2) is 67.4 Å². The summed E-state index contributed by atoms with van der Waals surface area (Å²) in [6.45, 7) is 0.172. The zero-order chi connectivity index (χ0) is 24.5. The number of tetrazole rings is 1. The lowest BCUT2D eigenvalue weighted by Crippen LogP contribution is -2.08. The average Bonchev–Trinajstić information content (AvgIpc) is 3.57. The van der Waals surface area contributed by atoms with Crippen molar-refractivity contribution in [2.45, 2.75) is 6.54 Å².